The summed E-state index contributed by atoms with van der Waals surface area (Å²) < 4.78 is 0. The lowest BCUT2D eigenvalue weighted by atomic mass is 10.1. The highest BCUT2D eigenvalue weighted by molar-refractivity contribution is 5.97. The van der Waals surface area contributed by atoms with Crippen LogP contribution < -0.4 is 5.32 Å². The molecule has 3 rings (SSSR count). The van der Waals surface area contributed by atoms with Crippen molar-refractivity contribution in [3.8, 4) is 5.75 Å². The first-order chi connectivity index (χ1) is 9.63. The summed E-state index contributed by atoms with van der Waals surface area (Å²) in [6, 6.07) is 10.7. The van der Waals surface area contributed by atoms with Gasteiger partial charge in [0.25, 0.3) is 0 Å². The Kier molecular flexibility index (Phi) is 2.87. The number of carbonyl (C=O) groups is 1. The molecule has 100 valence electrons. The van der Waals surface area contributed by atoms with E-state index in [0.29, 0.717) is 11.3 Å². The third-order valence-electron chi connectivity index (χ3n) is 3.11. The summed E-state index contributed by atoms with van der Waals surface area (Å²) >= 11 is 0. The van der Waals surface area contributed by atoms with Gasteiger partial charge in [-0.05, 0) is 37.3 Å². The number of ketones is 1. The van der Waals surface area contributed by atoms with Crippen LogP contribution in [0.2, 0.25) is 0 Å². The zero-order valence-electron chi connectivity index (χ0n) is 10.8. The predicted molar refractivity (Wildman–Crippen MR) is 77.5 cm³/mol. The van der Waals surface area contributed by atoms with Gasteiger partial charge >= 0.3 is 0 Å². The second-order valence-corrected chi connectivity index (χ2v) is 4.59. The van der Waals surface area contributed by atoms with E-state index in [-0.39, 0.29) is 11.5 Å². The maximum atomic E-state index is 11.3. The summed E-state index contributed by atoms with van der Waals surface area (Å²) in [4.78, 5) is 11.3. The van der Waals surface area contributed by atoms with Crippen molar-refractivity contribution in [1.29, 1.82) is 0 Å². The van der Waals surface area contributed by atoms with Gasteiger partial charge in [0.1, 0.15) is 5.75 Å². The third-order valence-corrected chi connectivity index (χ3v) is 3.11. The van der Waals surface area contributed by atoms with Gasteiger partial charge in [-0.15, -0.1) is 0 Å². The maximum Gasteiger partial charge on any atom is 0.163 e. The largest absolute Gasteiger partial charge is 0.507 e. The lowest BCUT2D eigenvalue weighted by Gasteiger charge is -2.08. The van der Waals surface area contributed by atoms with Crippen LogP contribution in [0, 0.1) is 0 Å². The van der Waals surface area contributed by atoms with E-state index in [0.717, 1.165) is 16.6 Å². The molecular formula is C15H13N3O2. The first kappa shape index (κ1) is 12.2. The summed E-state index contributed by atoms with van der Waals surface area (Å²) in [6.07, 6.45) is 1.76. The number of aromatic amines is 1. The first-order valence-electron chi connectivity index (χ1n) is 6.17. The lowest BCUT2D eigenvalue weighted by Crippen LogP contribution is -1.95. The van der Waals surface area contributed by atoms with E-state index >= 15 is 0 Å². The average Bonchev–Trinajstić information content (AvgIpc) is 2.85. The van der Waals surface area contributed by atoms with Gasteiger partial charge in [0.05, 0.1) is 17.3 Å². The topological polar surface area (TPSA) is 78.0 Å². The Morgan fingerprint density at radius 1 is 1.20 bits per heavy atom. The minimum atomic E-state index is -0.159. The number of H-pyrrole nitrogens is 1. The fourth-order valence-electron chi connectivity index (χ4n) is 2.09. The van der Waals surface area contributed by atoms with Crippen molar-refractivity contribution >= 4 is 28.1 Å². The molecule has 0 bridgehead atoms. The van der Waals surface area contributed by atoms with E-state index in [1.54, 1.807) is 18.3 Å². The van der Waals surface area contributed by atoms with Crippen LogP contribution in [0.25, 0.3) is 10.9 Å². The van der Waals surface area contributed by atoms with Crippen LogP contribution >= 0.6 is 0 Å². The van der Waals surface area contributed by atoms with Gasteiger partial charge in [0, 0.05) is 22.8 Å². The number of rotatable bonds is 3. The van der Waals surface area contributed by atoms with Crippen LogP contribution in [0.15, 0.2) is 42.6 Å². The van der Waals surface area contributed by atoms with E-state index in [1.807, 2.05) is 18.2 Å². The summed E-state index contributed by atoms with van der Waals surface area (Å²) in [5.74, 6) is -0.182. The molecule has 0 unspecified atom stereocenters. The molecule has 5 heteroatoms. The number of aromatic nitrogens is 2. The molecule has 0 amide bonds. The van der Waals surface area contributed by atoms with Crippen molar-refractivity contribution < 1.29 is 9.90 Å². The van der Waals surface area contributed by atoms with Gasteiger partial charge in [-0.2, -0.15) is 5.10 Å². The molecule has 5 nitrogen and oxygen atoms in total. The Morgan fingerprint density at radius 2 is 1.95 bits per heavy atom. The van der Waals surface area contributed by atoms with Crippen LogP contribution in [-0.4, -0.2) is 21.1 Å². The summed E-state index contributed by atoms with van der Waals surface area (Å²) in [5, 5.41) is 20.9. The molecule has 0 spiro atoms. The van der Waals surface area contributed by atoms with Gasteiger partial charge in [0.2, 0.25) is 0 Å². The summed E-state index contributed by atoms with van der Waals surface area (Å²) in [5.41, 5.74) is 2.84. The SMILES string of the molecule is CC(=O)c1ccc(Nc2ccc3cn[nH]c3c2)cc1O. The van der Waals surface area contributed by atoms with Gasteiger partial charge in [-0.25, -0.2) is 0 Å². The second kappa shape index (κ2) is 4.70. The third kappa shape index (κ3) is 2.21. The smallest absolute Gasteiger partial charge is 0.163 e. The highest BCUT2D eigenvalue weighted by Gasteiger charge is 2.07. The number of benzene rings is 2. The van der Waals surface area contributed by atoms with Crippen LogP contribution in [0.4, 0.5) is 11.4 Å². The summed E-state index contributed by atoms with van der Waals surface area (Å²) in [6.45, 7) is 1.42. The molecule has 0 aliphatic heterocycles. The van der Waals surface area contributed by atoms with Gasteiger partial charge in [0.15, 0.2) is 5.78 Å². The Balaban J connectivity index is 1.90. The van der Waals surface area contributed by atoms with Crippen molar-refractivity contribution in [2.75, 3.05) is 5.32 Å². The number of carbonyl (C=O) groups excluding carboxylic acids is 1. The number of nitrogens with zero attached hydrogens (tertiary/aromatic N) is 1. The highest BCUT2D eigenvalue weighted by Crippen LogP contribution is 2.26. The van der Waals surface area contributed by atoms with Crippen LogP contribution in [-0.2, 0) is 0 Å². The normalized spacial score (nSPS) is 10.7. The molecule has 0 fully saturated rings. The van der Waals surface area contributed by atoms with E-state index in [1.165, 1.54) is 13.0 Å². The molecule has 0 atom stereocenters. The number of hydrogen-bond acceptors (Lipinski definition) is 4. The number of nitrogens with one attached hydrogen (secondary N) is 2. The number of anilines is 2. The monoisotopic (exact) mass is 267 g/mol. The second-order valence-electron chi connectivity index (χ2n) is 4.59. The van der Waals surface area contributed by atoms with Crippen molar-refractivity contribution in [3.63, 3.8) is 0 Å². The number of hydrogen-bond donors (Lipinski definition) is 3. The summed E-state index contributed by atoms with van der Waals surface area (Å²) in [7, 11) is 0. The number of aromatic hydroxyl groups is 1. The molecule has 1 aromatic heterocycles. The molecule has 0 aliphatic rings. The fraction of sp³-hybridized carbons (Fsp3) is 0.0667. The fourth-order valence-corrected chi connectivity index (χ4v) is 2.09. The van der Waals surface area contributed by atoms with Crippen LogP contribution in [0.1, 0.15) is 17.3 Å². The van der Waals surface area contributed by atoms with E-state index in [4.69, 9.17) is 0 Å². The standard InChI is InChI=1S/C15H13N3O2/c1-9(19)13-5-4-12(7-15(13)20)17-11-3-2-10-8-16-18-14(10)6-11/h2-8,17,20H,1H3,(H,16,18). The minimum absolute atomic E-state index is 0.0230. The molecule has 20 heavy (non-hydrogen) atoms. The number of fused-ring (bicyclic) bond motifs is 1. The highest BCUT2D eigenvalue weighted by atomic mass is 16.3. The molecule has 2 aromatic carbocycles. The first-order valence-corrected chi connectivity index (χ1v) is 6.17. The number of phenols is 1. The maximum absolute atomic E-state index is 11.3. The quantitative estimate of drug-likeness (QED) is 0.637. The van der Waals surface area contributed by atoms with Crippen LogP contribution in [0.5, 0.6) is 5.75 Å². The molecule has 0 saturated heterocycles. The number of phenolic OH excluding ortho intramolecular Hbond substituents is 1. The van der Waals surface area contributed by atoms with Crippen LogP contribution in [0.3, 0.4) is 0 Å². The Hall–Kier alpha value is -2.82. The molecule has 0 saturated carbocycles. The lowest BCUT2D eigenvalue weighted by molar-refractivity contribution is 0.101. The molecule has 0 radical (unpaired) electrons. The molecule has 3 N–H and O–H groups in total. The molecule has 3 aromatic rings. The zero-order valence-corrected chi connectivity index (χ0v) is 10.8. The number of Topliss-reactive ketones (excluding diaryl/α,β-unsaturated/α-hetero) is 1. The average molecular weight is 267 g/mol. The zero-order chi connectivity index (χ0) is 14.1. The van der Waals surface area contributed by atoms with Gasteiger partial charge in [-0.1, -0.05) is 0 Å². The van der Waals surface area contributed by atoms with Crippen molar-refractivity contribution in [2.24, 2.45) is 0 Å². The molecule has 0 aliphatic carbocycles. The van der Waals surface area contributed by atoms with Gasteiger partial charge < -0.3 is 10.4 Å². The van der Waals surface area contributed by atoms with Crippen molar-refractivity contribution in [3.05, 3.63) is 48.2 Å². The van der Waals surface area contributed by atoms with E-state index in [9.17, 15) is 9.90 Å². The Morgan fingerprint density at radius 3 is 2.70 bits per heavy atom. The molecular weight excluding hydrogens is 254 g/mol. The Labute approximate surface area is 115 Å². The van der Waals surface area contributed by atoms with Crippen molar-refractivity contribution in [2.45, 2.75) is 6.92 Å². The van der Waals surface area contributed by atoms with Gasteiger partial charge in [-0.3, -0.25) is 9.89 Å². The van der Waals surface area contributed by atoms with E-state index in [2.05, 4.69) is 15.5 Å². The Bertz CT molecular complexity index is 793. The minimum Gasteiger partial charge on any atom is -0.507 e. The van der Waals surface area contributed by atoms with Crippen molar-refractivity contribution in [1.82, 2.24) is 10.2 Å². The van der Waals surface area contributed by atoms with E-state index < -0.39 is 0 Å². The predicted octanol–water partition coefficient (Wildman–Crippen LogP) is 3.21. The molecule has 1 heterocycles.